The Hall–Kier alpha value is -2.19. The fourth-order valence-electron chi connectivity index (χ4n) is 1.40. The Morgan fingerprint density at radius 2 is 2.11 bits per heavy atom. The Labute approximate surface area is 113 Å². The van der Waals surface area contributed by atoms with E-state index < -0.39 is 11.6 Å². The number of benzene rings is 1. The van der Waals surface area contributed by atoms with Crippen molar-refractivity contribution in [3.63, 3.8) is 0 Å². The molecule has 0 fully saturated rings. The molecule has 0 saturated carbocycles. The summed E-state index contributed by atoms with van der Waals surface area (Å²) >= 11 is 5.17. The molecule has 0 spiro atoms. The van der Waals surface area contributed by atoms with Gasteiger partial charge in [0.2, 0.25) is 5.88 Å². The lowest BCUT2D eigenvalue weighted by Crippen LogP contribution is -1.98. The van der Waals surface area contributed by atoms with Gasteiger partial charge in [-0.2, -0.15) is 0 Å². The molecule has 2 aromatic rings. The SMILES string of the molecule is Fc1cccc(-c2cc(OCC#CCl)ncn2)c1F. The standard InChI is InChI=1S/C13H7ClF2N2O/c14-5-2-6-19-12-7-11(17-8-18-12)9-3-1-4-10(15)13(9)16/h1,3-4,7-8H,6H2. The van der Waals surface area contributed by atoms with Crippen LogP contribution >= 0.6 is 11.6 Å². The zero-order valence-corrected chi connectivity index (χ0v) is 10.3. The van der Waals surface area contributed by atoms with E-state index in [9.17, 15) is 8.78 Å². The van der Waals surface area contributed by atoms with Gasteiger partial charge in [0, 0.05) is 17.0 Å². The highest BCUT2D eigenvalue weighted by molar-refractivity contribution is 6.30. The maximum atomic E-state index is 13.6. The van der Waals surface area contributed by atoms with Crippen molar-refractivity contribution in [2.24, 2.45) is 0 Å². The lowest BCUT2D eigenvalue weighted by atomic mass is 10.1. The molecule has 1 aromatic heterocycles. The minimum absolute atomic E-state index is 0.0377. The molecule has 0 saturated heterocycles. The number of nitrogens with zero attached hydrogens (tertiary/aromatic N) is 2. The molecule has 96 valence electrons. The van der Waals surface area contributed by atoms with E-state index in [2.05, 4.69) is 21.3 Å². The highest BCUT2D eigenvalue weighted by atomic mass is 35.5. The van der Waals surface area contributed by atoms with Crippen molar-refractivity contribution in [2.75, 3.05) is 6.61 Å². The molecule has 0 atom stereocenters. The summed E-state index contributed by atoms with van der Waals surface area (Å²) in [6.45, 7) is 0.0472. The number of hydrogen-bond acceptors (Lipinski definition) is 3. The second-order valence-corrected chi connectivity index (χ2v) is 3.59. The van der Waals surface area contributed by atoms with Gasteiger partial charge in [-0.15, -0.1) is 0 Å². The van der Waals surface area contributed by atoms with E-state index in [1.807, 2.05) is 0 Å². The topological polar surface area (TPSA) is 35.0 Å². The van der Waals surface area contributed by atoms with Crippen molar-refractivity contribution >= 4 is 11.6 Å². The van der Waals surface area contributed by atoms with Crippen LogP contribution in [0.25, 0.3) is 11.3 Å². The van der Waals surface area contributed by atoms with E-state index >= 15 is 0 Å². The summed E-state index contributed by atoms with van der Waals surface area (Å²) in [5.41, 5.74) is 0.261. The maximum absolute atomic E-state index is 13.6. The van der Waals surface area contributed by atoms with E-state index in [1.165, 1.54) is 24.5 Å². The molecule has 3 nitrogen and oxygen atoms in total. The number of aromatic nitrogens is 2. The van der Waals surface area contributed by atoms with E-state index in [4.69, 9.17) is 16.3 Å². The van der Waals surface area contributed by atoms with Crippen LogP contribution in [0.1, 0.15) is 0 Å². The average Bonchev–Trinajstić information content (AvgIpc) is 2.43. The third-order valence-corrected chi connectivity index (χ3v) is 2.36. The molecule has 6 heteroatoms. The molecule has 2 rings (SSSR count). The van der Waals surface area contributed by atoms with Crippen LogP contribution in [0.5, 0.6) is 5.88 Å². The second-order valence-electron chi connectivity index (χ2n) is 3.40. The van der Waals surface area contributed by atoms with Crippen LogP contribution in [0.4, 0.5) is 8.78 Å². The van der Waals surface area contributed by atoms with Gasteiger partial charge >= 0.3 is 0 Å². The quantitative estimate of drug-likeness (QED) is 0.811. The molecule has 1 aromatic carbocycles. The van der Waals surface area contributed by atoms with Crippen LogP contribution in [0.2, 0.25) is 0 Å². The predicted molar refractivity (Wildman–Crippen MR) is 66.5 cm³/mol. The molecular weight excluding hydrogens is 274 g/mol. The first-order chi connectivity index (χ1) is 9.22. The van der Waals surface area contributed by atoms with E-state index in [1.54, 1.807) is 0 Å². The summed E-state index contributed by atoms with van der Waals surface area (Å²) in [6, 6.07) is 5.25. The summed E-state index contributed by atoms with van der Waals surface area (Å²) in [5, 5.41) is 2.15. The third-order valence-electron chi connectivity index (χ3n) is 2.23. The van der Waals surface area contributed by atoms with Gasteiger partial charge in [-0.05, 0) is 29.7 Å². The van der Waals surface area contributed by atoms with Crippen LogP contribution in [0.3, 0.4) is 0 Å². The fourth-order valence-corrected chi connectivity index (χ4v) is 1.46. The largest absolute Gasteiger partial charge is 0.464 e. The number of rotatable bonds is 3. The van der Waals surface area contributed by atoms with Gasteiger partial charge in [0.05, 0.1) is 5.69 Å². The predicted octanol–water partition coefficient (Wildman–Crippen LogP) is 3.00. The summed E-state index contributed by atoms with van der Waals surface area (Å²) in [5.74, 6) is 0.774. The normalized spacial score (nSPS) is 9.63. The van der Waals surface area contributed by atoms with Crippen molar-refractivity contribution in [3.8, 4) is 28.4 Å². The van der Waals surface area contributed by atoms with Crippen LogP contribution in [0.15, 0.2) is 30.6 Å². The first-order valence-corrected chi connectivity index (χ1v) is 5.58. The lowest BCUT2D eigenvalue weighted by molar-refractivity contribution is 0.355. The molecule has 1 heterocycles. The third kappa shape index (κ3) is 3.18. The molecular formula is C13H7ClF2N2O. The number of hydrogen-bond donors (Lipinski definition) is 0. The van der Waals surface area contributed by atoms with Crippen LogP contribution in [-0.4, -0.2) is 16.6 Å². The summed E-state index contributed by atoms with van der Waals surface area (Å²) in [7, 11) is 0. The van der Waals surface area contributed by atoms with Gasteiger partial charge in [-0.3, -0.25) is 0 Å². The van der Waals surface area contributed by atoms with Gasteiger partial charge in [-0.25, -0.2) is 18.7 Å². The highest BCUT2D eigenvalue weighted by Crippen LogP contribution is 2.24. The van der Waals surface area contributed by atoms with Crippen molar-refractivity contribution < 1.29 is 13.5 Å². The first kappa shape index (κ1) is 13.2. The Kier molecular flexibility index (Phi) is 4.26. The van der Waals surface area contributed by atoms with Crippen molar-refractivity contribution in [1.29, 1.82) is 0 Å². The second kappa shape index (κ2) is 6.12. The fraction of sp³-hybridized carbons (Fsp3) is 0.0769. The molecule has 0 amide bonds. The minimum atomic E-state index is -0.965. The Balaban J connectivity index is 2.31. The lowest BCUT2D eigenvalue weighted by Gasteiger charge is -2.05. The summed E-state index contributed by atoms with van der Waals surface area (Å²) in [6.07, 6.45) is 1.20. The Morgan fingerprint density at radius 1 is 1.26 bits per heavy atom. The van der Waals surface area contributed by atoms with Gasteiger partial charge in [0.25, 0.3) is 0 Å². The number of halogens is 3. The van der Waals surface area contributed by atoms with Crippen LogP contribution in [-0.2, 0) is 0 Å². The zero-order valence-electron chi connectivity index (χ0n) is 9.53. The highest BCUT2D eigenvalue weighted by Gasteiger charge is 2.11. The van der Waals surface area contributed by atoms with E-state index in [0.717, 1.165) is 6.07 Å². The molecule has 0 unspecified atom stereocenters. The molecule has 0 N–H and O–H groups in total. The Morgan fingerprint density at radius 3 is 2.89 bits per heavy atom. The molecule has 0 radical (unpaired) electrons. The minimum Gasteiger partial charge on any atom is -0.464 e. The monoisotopic (exact) mass is 280 g/mol. The Bertz CT molecular complexity index is 653. The molecule has 0 aliphatic rings. The molecule has 0 bridgehead atoms. The van der Waals surface area contributed by atoms with Crippen molar-refractivity contribution in [2.45, 2.75) is 0 Å². The van der Waals surface area contributed by atoms with E-state index in [0.29, 0.717) is 0 Å². The summed E-state index contributed by atoms with van der Waals surface area (Å²) < 4.78 is 31.9. The van der Waals surface area contributed by atoms with Gasteiger partial charge in [0.1, 0.15) is 6.33 Å². The number of ether oxygens (including phenoxy) is 1. The summed E-state index contributed by atoms with van der Waals surface area (Å²) in [4.78, 5) is 7.71. The molecule has 19 heavy (non-hydrogen) atoms. The van der Waals surface area contributed by atoms with Crippen LogP contribution in [0, 0.1) is 22.9 Å². The molecule has 0 aliphatic carbocycles. The van der Waals surface area contributed by atoms with Gasteiger partial charge in [0.15, 0.2) is 18.2 Å². The van der Waals surface area contributed by atoms with E-state index in [-0.39, 0.29) is 23.7 Å². The smallest absolute Gasteiger partial charge is 0.217 e. The average molecular weight is 281 g/mol. The first-order valence-electron chi connectivity index (χ1n) is 5.20. The molecule has 0 aliphatic heterocycles. The van der Waals surface area contributed by atoms with Gasteiger partial charge < -0.3 is 4.74 Å². The van der Waals surface area contributed by atoms with Crippen molar-refractivity contribution in [1.82, 2.24) is 9.97 Å². The van der Waals surface area contributed by atoms with Gasteiger partial charge in [-0.1, -0.05) is 6.07 Å². The zero-order chi connectivity index (χ0) is 13.7. The van der Waals surface area contributed by atoms with Crippen molar-refractivity contribution in [3.05, 3.63) is 42.2 Å². The maximum Gasteiger partial charge on any atom is 0.217 e. The van der Waals surface area contributed by atoms with Crippen LogP contribution < -0.4 is 4.74 Å².